The van der Waals surface area contributed by atoms with Crippen molar-refractivity contribution in [1.82, 2.24) is 18.7 Å². The highest BCUT2D eigenvalue weighted by molar-refractivity contribution is 5.77. The van der Waals surface area contributed by atoms with Gasteiger partial charge in [-0.2, -0.15) is 0 Å². The topological polar surface area (TPSA) is 61.8 Å². The van der Waals surface area contributed by atoms with Gasteiger partial charge in [0.1, 0.15) is 0 Å². The van der Waals surface area contributed by atoms with Gasteiger partial charge in [0.2, 0.25) is 0 Å². The van der Waals surface area contributed by atoms with Crippen LogP contribution in [-0.2, 0) is 20.1 Å². The molecule has 0 unspecified atom stereocenters. The number of hydrogen-bond acceptors (Lipinski definition) is 3. The summed E-state index contributed by atoms with van der Waals surface area (Å²) in [6.45, 7) is 5.31. The summed E-state index contributed by atoms with van der Waals surface area (Å²) in [5.41, 5.74) is 3.28. The molecule has 0 fully saturated rings. The van der Waals surface area contributed by atoms with Gasteiger partial charge >= 0.3 is 5.69 Å². The molecule has 0 aliphatic heterocycles. The van der Waals surface area contributed by atoms with E-state index in [0.29, 0.717) is 29.9 Å². The second kappa shape index (κ2) is 7.54. The van der Waals surface area contributed by atoms with Crippen LogP contribution in [0.3, 0.4) is 0 Å². The normalized spacial score (nSPS) is 11.4. The third-order valence-corrected chi connectivity index (χ3v) is 5.03. The van der Waals surface area contributed by atoms with Crippen molar-refractivity contribution in [1.29, 1.82) is 0 Å². The Hall–Kier alpha value is -3.41. The van der Waals surface area contributed by atoms with Crippen molar-refractivity contribution in [2.24, 2.45) is 13.0 Å². The van der Waals surface area contributed by atoms with Crippen LogP contribution in [0.5, 0.6) is 0 Å². The molecule has 0 saturated carbocycles. The van der Waals surface area contributed by atoms with Crippen LogP contribution >= 0.6 is 0 Å². The number of fused-ring (bicyclic) bond motifs is 1. The zero-order valence-electron chi connectivity index (χ0n) is 16.9. The van der Waals surface area contributed by atoms with Crippen LogP contribution in [0.15, 0.2) is 70.6 Å². The van der Waals surface area contributed by atoms with E-state index in [1.165, 1.54) is 11.6 Å². The first-order valence-corrected chi connectivity index (χ1v) is 9.73. The number of benzene rings is 1. The van der Waals surface area contributed by atoms with Gasteiger partial charge < -0.3 is 4.57 Å². The number of pyridine rings is 1. The highest BCUT2D eigenvalue weighted by atomic mass is 16.2. The van der Waals surface area contributed by atoms with Crippen molar-refractivity contribution in [3.05, 3.63) is 87.5 Å². The molecule has 1 aromatic carbocycles. The van der Waals surface area contributed by atoms with Crippen LogP contribution < -0.4 is 11.2 Å². The van der Waals surface area contributed by atoms with E-state index in [4.69, 9.17) is 0 Å². The Morgan fingerprint density at radius 1 is 1.00 bits per heavy atom. The van der Waals surface area contributed by atoms with Crippen molar-refractivity contribution in [2.75, 3.05) is 0 Å². The molecule has 3 aromatic heterocycles. The van der Waals surface area contributed by atoms with Crippen molar-refractivity contribution in [2.45, 2.75) is 26.9 Å². The predicted octanol–water partition coefficient (Wildman–Crippen LogP) is 3.27. The number of rotatable bonds is 5. The zero-order chi connectivity index (χ0) is 20.5. The summed E-state index contributed by atoms with van der Waals surface area (Å²) in [5, 5.41) is 0.567. The average molecular weight is 388 g/mol. The highest BCUT2D eigenvalue weighted by Crippen LogP contribution is 2.18. The van der Waals surface area contributed by atoms with Crippen molar-refractivity contribution >= 4 is 10.9 Å². The van der Waals surface area contributed by atoms with E-state index in [-0.39, 0.29) is 11.2 Å². The van der Waals surface area contributed by atoms with Gasteiger partial charge in [-0.3, -0.25) is 18.9 Å². The van der Waals surface area contributed by atoms with E-state index in [1.54, 1.807) is 10.8 Å². The summed E-state index contributed by atoms with van der Waals surface area (Å²) in [5.74, 6) is 0.302. The molecule has 0 saturated heterocycles. The Morgan fingerprint density at radius 2 is 1.76 bits per heavy atom. The van der Waals surface area contributed by atoms with Gasteiger partial charge in [-0.15, -0.1) is 0 Å². The fourth-order valence-electron chi connectivity index (χ4n) is 3.59. The predicted molar refractivity (Wildman–Crippen MR) is 115 cm³/mol. The molecule has 0 radical (unpaired) electrons. The maximum atomic E-state index is 12.6. The van der Waals surface area contributed by atoms with E-state index in [2.05, 4.69) is 43.1 Å². The van der Waals surface area contributed by atoms with E-state index >= 15 is 0 Å². The molecule has 4 aromatic rings. The van der Waals surface area contributed by atoms with E-state index in [0.717, 1.165) is 16.8 Å². The lowest BCUT2D eigenvalue weighted by Gasteiger charge is -2.11. The lowest BCUT2D eigenvalue weighted by molar-refractivity contribution is 0.502. The molecule has 4 rings (SSSR count). The second-order valence-electron chi connectivity index (χ2n) is 7.79. The van der Waals surface area contributed by atoms with Crippen LogP contribution in [0.4, 0.5) is 0 Å². The molecule has 0 bridgehead atoms. The molecule has 0 aliphatic carbocycles. The van der Waals surface area contributed by atoms with Crippen molar-refractivity contribution in [3.8, 4) is 11.3 Å². The summed E-state index contributed by atoms with van der Waals surface area (Å²) >= 11 is 0. The van der Waals surface area contributed by atoms with Gasteiger partial charge in [0, 0.05) is 44.3 Å². The van der Waals surface area contributed by atoms with E-state index in [9.17, 15) is 9.59 Å². The molecule has 0 aliphatic rings. The lowest BCUT2D eigenvalue weighted by Crippen LogP contribution is -2.38. The Labute approximate surface area is 168 Å². The Morgan fingerprint density at radius 3 is 2.41 bits per heavy atom. The Balaban J connectivity index is 1.69. The summed E-state index contributed by atoms with van der Waals surface area (Å²) in [6, 6.07) is 14.1. The maximum absolute atomic E-state index is 12.6. The molecule has 0 amide bonds. The SMILES string of the molecule is CC(C)Cn1c(=O)n(C)c(=O)c2cn(Cc3ccc(-c4ccccn4)cc3)cc21. The molecule has 3 heterocycles. The first-order valence-electron chi connectivity index (χ1n) is 9.73. The van der Waals surface area contributed by atoms with Gasteiger partial charge in [0.25, 0.3) is 5.56 Å². The highest BCUT2D eigenvalue weighted by Gasteiger charge is 2.14. The van der Waals surface area contributed by atoms with Gasteiger partial charge in [-0.25, -0.2) is 4.79 Å². The van der Waals surface area contributed by atoms with Crippen LogP contribution in [0.25, 0.3) is 22.2 Å². The van der Waals surface area contributed by atoms with E-state index < -0.39 is 0 Å². The number of nitrogens with zero attached hydrogens (tertiary/aromatic N) is 4. The molecule has 0 spiro atoms. The first kappa shape index (κ1) is 18.9. The Bertz CT molecular complexity index is 1260. The van der Waals surface area contributed by atoms with Gasteiger partial charge in [-0.1, -0.05) is 44.2 Å². The zero-order valence-corrected chi connectivity index (χ0v) is 16.9. The van der Waals surface area contributed by atoms with E-state index in [1.807, 2.05) is 35.2 Å². The minimum Gasteiger partial charge on any atom is -0.347 e. The van der Waals surface area contributed by atoms with Gasteiger partial charge in [0.15, 0.2) is 0 Å². The molecular weight excluding hydrogens is 364 g/mol. The minimum absolute atomic E-state index is 0.255. The smallest absolute Gasteiger partial charge is 0.331 e. The molecular formula is C23H24N4O2. The first-order chi connectivity index (χ1) is 13.9. The average Bonchev–Trinajstić information content (AvgIpc) is 3.14. The molecule has 29 heavy (non-hydrogen) atoms. The number of hydrogen-bond donors (Lipinski definition) is 0. The Kier molecular flexibility index (Phi) is 4.92. The van der Waals surface area contributed by atoms with Crippen molar-refractivity contribution in [3.63, 3.8) is 0 Å². The molecule has 148 valence electrons. The molecule has 0 N–H and O–H groups in total. The second-order valence-corrected chi connectivity index (χ2v) is 7.79. The van der Waals surface area contributed by atoms with Crippen LogP contribution in [0.2, 0.25) is 0 Å². The molecule has 6 nitrogen and oxygen atoms in total. The summed E-state index contributed by atoms with van der Waals surface area (Å²) < 4.78 is 4.86. The van der Waals surface area contributed by atoms with Crippen LogP contribution in [0, 0.1) is 5.92 Å². The van der Waals surface area contributed by atoms with Gasteiger partial charge in [0.05, 0.1) is 16.6 Å². The van der Waals surface area contributed by atoms with Crippen LogP contribution in [-0.4, -0.2) is 18.7 Å². The summed E-state index contributed by atoms with van der Waals surface area (Å²) in [4.78, 5) is 29.5. The third kappa shape index (κ3) is 3.66. The summed E-state index contributed by atoms with van der Waals surface area (Å²) in [6.07, 6.45) is 5.51. The fraction of sp³-hybridized carbons (Fsp3) is 0.261. The molecule has 6 heteroatoms. The minimum atomic E-state index is -0.270. The quantitative estimate of drug-likeness (QED) is 0.527. The standard InChI is InChI=1S/C23H24N4O2/c1-16(2)12-27-21-15-26(14-19(21)22(28)25(3)23(27)29)13-17-7-9-18(10-8-17)20-6-4-5-11-24-20/h4-11,14-16H,12-13H2,1-3H3. The maximum Gasteiger partial charge on any atom is 0.331 e. The lowest BCUT2D eigenvalue weighted by atomic mass is 10.1. The largest absolute Gasteiger partial charge is 0.347 e. The summed E-state index contributed by atoms with van der Waals surface area (Å²) in [7, 11) is 1.54. The monoisotopic (exact) mass is 388 g/mol. The van der Waals surface area contributed by atoms with Gasteiger partial charge in [-0.05, 0) is 23.6 Å². The third-order valence-electron chi connectivity index (χ3n) is 5.03. The molecule has 0 atom stereocenters. The fourth-order valence-corrected chi connectivity index (χ4v) is 3.59. The number of aromatic nitrogens is 4. The van der Waals surface area contributed by atoms with Crippen LogP contribution in [0.1, 0.15) is 19.4 Å². The van der Waals surface area contributed by atoms with Crippen molar-refractivity contribution < 1.29 is 0 Å².